The summed E-state index contributed by atoms with van der Waals surface area (Å²) in [5.41, 5.74) is -0.501. The minimum Gasteiger partial charge on any atom is -0.388 e. The minimum atomic E-state index is -0.558. The molecule has 1 heterocycles. The highest BCUT2D eigenvalue weighted by Gasteiger charge is 2.46. The van der Waals surface area contributed by atoms with Gasteiger partial charge in [0.1, 0.15) is 0 Å². The molecule has 2 nitrogen and oxygen atoms in total. The Labute approximate surface area is 73.9 Å². The summed E-state index contributed by atoms with van der Waals surface area (Å²) in [4.78, 5) is 0. The molecule has 1 saturated carbocycles. The summed E-state index contributed by atoms with van der Waals surface area (Å²) in [6, 6.07) is 0. The summed E-state index contributed by atoms with van der Waals surface area (Å²) in [6.45, 7) is 2.42. The predicted molar refractivity (Wildman–Crippen MR) is 47.0 cm³/mol. The Morgan fingerprint density at radius 2 is 1.83 bits per heavy atom. The molecule has 12 heavy (non-hydrogen) atoms. The zero-order valence-corrected chi connectivity index (χ0v) is 7.81. The Kier molecular flexibility index (Phi) is 1.92. The summed E-state index contributed by atoms with van der Waals surface area (Å²) in [5.74, 6) is 0. The van der Waals surface area contributed by atoms with Crippen molar-refractivity contribution in [1.29, 1.82) is 0 Å². The quantitative estimate of drug-likeness (QED) is 0.601. The summed E-state index contributed by atoms with van der Waals surface area (Å²) in [5, 5.41) is 9.79. The van der Waals surface area contributed by atoms with Crippen LogP contribution in [0, 0.1) is 0 Å². The Morgan fingerprint density at radius 3 is 2.33 bits per heavy atom. The molecule has 0 bridgehead atoms. The first-order valence-electron chi connectivity index (χ1n) is 4.98. The first-order chi connectivity index (χ1) is 5.62. The van der Waals surface area contributed by atoms with Crippen molar-refractivity contribution in [1.82, 2.24) is 0 Å². The van der Waals surface area contributed by atoms with E-state index in [9.17, 15) is 5.11 Å². The van der Waals surface area contributed by atoms with E-state index < -0.39 is 5.60 Å². The molecule has 1 aliphatic heterocycles. The van der Waals surface area contributed by atoms with E-state index in [0.717, 1.165) is 19.3 Å². The van der Waals surface area contributed by atoms with E-state index in [1.807, 2.05) is 6.92 Å². The zero-order valence-electron chi connectivity index (χ0n) is 7.81. The molecule has 2 fully saturated rings. The summed E-state index contributed by atoms with van der Waals surface area (Å²) >= 11 is 0. The maximum atomic E-state index is 9.79. The lowest BCUT2D eigenvalue weighted by atomic mass is 9.80. The molecule has 2 heteroatoms. The Hall–Kier alpha value is -0.0800. The molecule has 1 atom stereocenters. The van der Waals surface area contributed by atoms with Crippen molar-refractivity contribution in [2.75, 3.05) is 6.61 Å². The van der Waals surface area contributed by atoms with Gasteiger partial charge in [0.15, 0.2) is 0 Å². The number of hydrogen-bond acceptors (Lipinski definition) is 2. The van der Waals surface area contributed by atoms with E-state index in [0.29, 0.717) is 6.61 Å². The Bertz CT molecular complexity index is 169. The fraction of sp³-hybridized carbons (Fsp3) is 1.00. The molecular formula is C10H18O2. The first-order valence-corrected chi connectivity index (χ1v) is 4.98. The van der Waals surface area contributed by atoms with Crippen molar-refractivity contribution in [2.45, 2.75) is 56.7 Å². The van der Waals surface area contributed by atoms with Crippen LogP contribution in [0.1, 0.15) is 45.4 Å². The Morgan fingerprint density at radius 1 is 1.17 bits per heavy atom. The number of rotatable bonds is 0. The van der Waals surface area contributed by atoms with Gasteiger partial charge in [-0.05, 0) is 19.8 Å². The molecule has 2 rings (SSSR count). The first kappa shape index (κ1) is 8.52. The second-order valence-corrected chi connectivity index (χ2v) is 4.71. The van der Waals surface area contributed by atoms with Crippen molar-refractivity contribution in [3.8, 4) is 0 Å². The normalized spacial score (nSPS) is 40.5. The summed E-state index contributed by atoms with van der Waals surface area (Å²) in [7, 11) is 0. The van der Waals surface area contributed by atoms with Gasteiger partial charge >= 0.3 is 0 Å². The monoisotopic (exact) mass is 170 g/mol. The van der Waals surface area contributed by atoms with Crippen LogP contribution in [0.5, 0.6) is 0 Å². The maximum absolute atomic E-state index is 9.79. The molecule has 1 N–H and O–H groups in total. The fourth-order valence-electron chi connectivity index (χ4n) is 2.62. The van der Waals surface area contributed by atoms with Crippen LogP contribution in [0.4, 0.5) is 0 Å². The standard InChI is InChI=1S/C10H18O2/c1-9(11)7-10(12-8-9)5-3-2-4-6-10/h11H,2-8H2,1H3/t9-/m0/s1. The third-order valence-electron chi connectivity index (χ3n) is 3.16. The highest BCUT2D eigenvalue weighted by molar-refractivity contribution is 4.96. The summed E-state index contributed by atoms with van der Waals surface area (Å²) < 4.78 is 5.75. The predicted octanol–water partition coefficient (Wildman–Crippen LogP) is 1.86. The highest BCUT2D eigenvalue weighted by Crippen LogP contribution is 2.42. The molecule has 2 aliphatic rings. The lowest BCUT2D eigenvalue weighted by Gasteiger charge is -2.32. The van der Waals surface area contributed by atoms with Crippen molar-refractivity contribution in [3.05, 3.63) is 0 Å². The van der Waals surface area contributed by atoms with Gasteiger partial charge in [0.2, 0.25) is 0 Å². The maximum Gasteiger partial charge on any atom is 0.0879 e. The summed E-state index contributed by atoms with van der Waals surface area (Å²) in [6.07, 6.45) is 7.05. The molecule has 70 valence electrons. The average Bonchev–Trinajstić information content (AvgIpc) is 2.29. The number of ether oxygens (including phenoxy) is 1. The van der Waals surface area contributed by atoms with E-state index in [2.05, 4.69) is 0 Å². The smallest absolute Gasteiger partial charge is 0.0879 e. The van der Waals surface area contributed by atoms with Crippen molar-refractivity contribution in [2.24, 2.45) is 0 Å². The van der Waals surface area contributed by atoms with Crippen LogP contribution in [-0.2, 0) is 4.74 Å². The van der Waals surface area contributed by atoms with Gasteiger partial charge in [-0.3, -0.25) is 0 Å². The topological polar surface area (TPSA) is 29.5 Å². The molecule has 1 saturated heterocycles. The van der Waals surface area contributed by atoms with Gasteiger partial charge in [-0.1, -0.05) is 19.3 Å². The van der Waals surface area contributed by atoms with E-state index in [1.165, 1.54) is 19.3 Å². The molecule has 1 spiro atoms. The van der Waals surface area contributed by atoms with Crippen molar-refractivity contribution in [3.63, 3.8) is 0 Å². The minimum absolute atomic E-state index is 0.0573. The molecule has 0 aromatic carbocycles. The number of aliphatic hydroxyl groups is 1. The van der Waals surface area contributed by atoms with Crippen LogP contribution in [0.25, 0.3) is 0 Å². The lowest BCUT2D eigenvalue weighted by molar-refractivity contribution is -0.0294. The lowest BCUT2D eigenvalue weighted by Crippen LogP contribution is -2.33. The van der Waals surface area contributed by atoms with Crippen LogP contribution in [0.15, 0.2) is 0 Å². The van der Waals surface area contributed by atoms with Crippen LogP contribution in [0.3, 0.4) is 0 Å². The van der Waals surface area contributed by atoms with E-state index in [1.54, 1.807) is 0 Å². The van der Waals surface area contributed by atoms with Gasteiger partial charge in [-0.25, -0.2) is 0 Å². The van der Waals surface area contributed by atoms with Gasteiger partial charge in [0, 0.05) is 6.42 Å². The zero-order chi connectivity index (χ0) is 8.66. The molecule has 0 radical (unpaired) electrons. The fourth-order valence-corrected chi connectivity index (χ4v) is 2.62. The van der Waals surface area contributed by atoms with E-state index in [-0.39, 0.29) is 5.60 Å². The molecule has 0 amide bonds. The van der Waals surface area contributed by atoms with Crippen molar-refractivity contribution >= 4 is 0 Å². The Balaban J connectivity index is 2.03. The van der Waals surface area contributed by atoms with Gasteiger partial charge in [-0.2, -0.15) is 0 Å². The highest BCUT2D eigenvalue weighted by atomic mass is 16.5. The van der Waals surface area contributed by atoms with E-state index in [4.69, 9.17) is 4.74 Å². The van der Waals surface area contributed by atoms with Crippen LogP contribution >= 0.6 is 0 Å². The van der Waals surface area contributed by atoms with Gasteiger partial charge in [-0.15, -0.1) is 0 Å². The average molecular weight is 170 g/mol. The van der Waals surface area contributed by atoms with Crippen LogP contribution < -0.4 is 0 Å². The molecule has 0 unspecified atom stereocenters. The molecule has 1 aliphatic carbocycles. The van der Waals surface area contributed by atoms with Gasteiger partial charge < -0.3 is 9.84 Å². The number of hydrogen-bond donors (Lipinski definition) is 1. The molecule has 0 aromatic heterocycles. The second-order valence-electron chi connectivity index (χ2n) is 4.71. The van der Waals surface area contributed by atoms with Crippen molar-refractivity contribution < 1.29 is 9.84 Å². The second kappa shape index (κ2) is 2.71. The van der Waals surface area contributed by atoms with Gasteiger partial charge in [0.25, 0.3) is 0 Å². The largest absolute Gasteiger partial charge is 0.388 e. The third kappa shape index (κ3) is 1.50. The van der Waals surface area contributed by atoms with Gasteiger partial charge in [0.05, 0.1) is 17.8 Å². The third-order valence-corrected chi connectivity index (χ3v) is 3.16. The van der Waals surface area contributed by atoms with Crippen LogP contribution in [0.2, 0.25) is 0 Å². The van der Waals surface area contributed by atoms with Crippen LogP contribution in [-0.4, -0.2) is 22.9 Å². The van der Waals surface area contributed by atoms with E-state index >= 15 is 0 Å². The molecule has 0 aromatic rings. The molecular weight excluding hydrogens is 152 g/mol. The SMILES string of the molecule is C[C@@]1(O)COC2(CCCCC2)C1.